The van der Waals surface area contributed by atoms with Gasteiger partial charge in [0.25, 0.3) is 0 Å². The van der Waals surface area contributed by atoms with Gasteiger partial charge in [-0.05, 0) is 60.1 Å². The highest BCUT2D eigenvalue weighted by Gasteiger charge is 2.55. The van der Waals surface area contributed by atoms with Crippen LogP contribution in [0.5, 0.6) is 0 Å². The van der Waals surface area contributed by atoms with Gasteiger partial charge < -0.3 is 0 Å². The minimum absolute atomic E-state index is 0.0792. The van der Waals surface area contributed by atoms with Crippen molar-refractivity contribution in [1.82, 2.24) is 0 Å². The van der Waals surface area contributed by atoms with Crippen LogP contribution in [0.2, 0.25) is 0 Å². The second-order valence-electron chi connectivity index (χ2n) is 9.15. The summed E-state index contributed by atoms with van der Waals surface area (Å²) in [6, 6.07) is 35.0. The molecule has 0 saturated heterocycles. The maximum atomic E-state index is 12.8. The normalized spacial score (nSPS) is 18.3. The van der Waals surface area contributed by atoms with Crippen LogP contribution in [0.3, 0.4) is 0 Å². The van der Waals surface area contributed by atoms with Crippen LogP contribution in [-0.4, -0.2) is 16.5 Å². The van der Waals surface area contributed by atoms with Crippen LogP contribution in [0.4, 0.5) is 11.4 Å². The number of carbonyl (C=O) groups excluding carboxylic acids is 1. The molecule has 0 aliphatic carbocycles. The molecule has 7 heteroatoms. The number of aryl methyl sites for hydroxylation is 1. The van der Waals surface area contributed by atoms with Gasteiger partial charge in [-0.15, -0.1) is 0 Å². The molecule has 4 aromatic rings. The molecule has 2 aliphatic heterocycles. The number of halogens is 1. The van der Waals surface area contributed by atoms with E-state index in [0.29, 0.717) is 5.04 Å². The lowest BCUT2D eigenvalue weighted by molar-refractivity contribution is -0.110. The van der Waals surface area contributed by atoms with Gasteiger partial charge in [0, 0.05) is 28.1 Å². The Morgan fingerprint density at radius 2 is 1.45 bits per heavy atom. The van der Waals surface area contributed by atoms with Gasteiger partial charge in [-0.1, -0.05) is 89.6 Å². The van der Waals surface area contributed by atoms with Gasteiger partial charge >= 0.3 is 0 Å². The minimum atomic E-state index is -0.945. The van der Waals surface area contributed by atoms with Crippen LogP contribution in [0.15, 0.2) is 118 Å². The van der Waals surface area contributed by atoms with Crippen molar-refractivity contribution in [2.24, 2.45) is 10.2 Å². The summed E-state index contributed by atoms with van der Waals surface area (Å²) >= 11 is 4.98. The van der Waals surface area contributed by atoms with Crippen LogP contribution in [-0.2, 0) is 16.2 Å². The number of ketones is 1. The molecule has 0 amide bonds. The van der Waals surface area contributed by atoms with E-state index in [-0.39, 0.29) is 5.78 Å². The lowest BCUT2D eigenvalue weighted by Crippen LogP contribution is -2.54. The summed E-state index contributed by atoms with van der Waals surface area (Å²) < 4.78 is 0.970. The Morgan fingerprint density at radius 1 is 0.816 bits per heavy atom. The Morgan fingerprint density at radius 3 is 2.13 bits per heavy atom. The molecule has 0 saturated carbocycles. The van der Waals surface area contributed by atoms with Gasteiger partial charge in [-0.2, -0.15) is 10.2 Å². The van der Waals surface area contributed by atoms with E-state index in [1.807, 2.05) is 76.7 Å². The molecule has 0 N–H and O–H groups in total. The molecular weight excluding hydrogens is 556 g/mol. The van der Waals surface area contributed by atoms with Crippen molar-refractivity contribution in [2.45, 2.75) is 25.3 Å². The molecule has 188 valence electrons. The van der Waals surface area contributed by atoms with Crippen molar-refractivity contribution in [1.29, 1.82) is 0 Å². The van der Waals surface area contributed by atoms with Crippen molar-refractivity contribution in [3.8, 4) is 0 Å². The number of thioether (sulfide) groups is 1. The predicted molar refractivity (Wildman–Crippen MR) is 161 cm³/mol. The fraction of sp³-hybridized carbons (Fsp3) is 0.129. The summed E-state index contributed by atoms with van der Waals surface area (Å²) in [5, 5.41) is 14.6. The maximum absolute atomic E-state index is 12.8. The Bertz CT molecular complexity index is 1570. The van der Waals surface area contributed by atoms with E-state index in [0.717, 1.165) is 44.7 Å². The third-order valence-electron chi connectivity index (χ3n) is 6.75. The number of anilines is 2. The molecule has 0 aromatic heterocycles. The van der Waals surface area contributed by atoms with Crippen molar-refractivity contribution in [2.75, 3.05) is 10.0 Å². The molecule has 2 aliphatic rings. The van der Waals surface area contributed by atoms with E-state index in [4.69, 9.17) is 10.2 Å². The summed E-state index contributed by atoms with van der Waals surface area (Å²) in [5.41, 5.74) is 6.99. The first-order valence-electron chi connectivity index (χ1n) is 12.5. The molecule has 1 atom stereocenters. The highest BCUT2D eigenvalue weighted by molar-refractivity contribution is 9.10. The highest BCUT2D eigenvalue weighted by Crippen LogP contribution is 2.55. The van der Waals surface area contributed by atoms with E-state index in [1.165, 1.54) is 17.3 Å². The molecule has 5 nitrogen and oxygen atoms in total. The third kappa shape index (κ3) is 4.06. The third-order valence-corrected chi connectivity index (χ3v) is 8.69. The number of hydrogen-bond donors (Lipinski definition) is 0. The van der Waals surface area contributed by atoms with E-state index >= 15 is 0 Å². The zero-order chi connectivity index (χ0) is 26.3. The molecule has 0 fully saturated rings. The van der Waals surface area contributed by atoms with Gasteiger partial charge in [0.15, 0.2) is 10.8 Å². The van der Waals surface area contributed by atoms with Crippen LogP contribution in [0, 0.1) is 0 Å². The van der Waals surface area contributed by atoms with Crippen LogP contribution >= 0.6 is 27.7 Å². The molecule has 4 aromatic carbocycles. The number of nitrogens with zero attached hydrogens (tertiary/aromatic N) is 4. The second-order valence-corrected chi connectivity index (χ2v) is 11.2. The molecule has 1 spiro atoms. The van der Waals surface area contributed by atoms with Crippen molar-refractivity contribution in [3.63, 3.8) is 0 Å². The number of hydrogen-bond acceptors (Lipinski definition) is 6. The smallest absolute Gasteiger partial charge is 0.234 e. The van der Waals surface area contributed by atoms with Crippen molar-refractivity contribution >= 4 is 55.6 Å². The summed E-state index contributed by atoms with van der Waals surface area (Å²) in [4.78, 5) is 11.8. The maximum Gasteiger partial charge on any atom is 0.234 e. The van der Waals surface area contributed by atoms with Crippen LogP contribution in [0.25, 0.3) is 0 Å². The van der Waals surface area contributed by atoms with Gasteiger partial charge in [0.1, 0.15) is 0 Å². The Hall–Kier alpha value is -3.68. The monoisotopic (exact) mass is 580 g/mol. The quantitative estimate of drug-likeness (QED) is 0.244. The zero-order valence-electron chi connectivity index (χ0n) is 21.0. The van der Waals surface area contributed by atoms with Gasteiger partial charge in [-0.3, -0.25) is 4.79 Å². The van der Waals surface area contributed by atoms with Gasteiger partial charge in [0.05, 0.1) is 17.1 Å². The number of Topliss-reactive ketones (excluding diaryl/α,β-unsaturated/α-hetero) is 1. The Labute approximate surface area is 235 Å². The van der Waals surface area contributed by atoms with E-state index in [2.05, 4.69) is 59.3 Å². The predicted octanol–water partition coefficient (Wildman–Crippen LogP) is 7.55. The summed E-state index contributed by atoms with van der Waals surface area (Å²) in [5.74, 6) is -0.0792. The molecular formula is C31H25BrN4OS. The first-order valence-corrected chi connectivity index (χ1v) is 14.1. The standard InChI is InChI=1S/C31H25BrN4OS/c1-3-22-13-15-23(16-14-22)29-27-11-7-8-12-28(27)31(35(33-29)25-9-5-4-6-10-25)36(34-30(38-31)21(2)37)26-19-17-24(32)18-20-26/h4-20H,3H2,1-2H3/t31-/m1/s1. The largest absolute Gasteiger partial charge is 0.292 e. The summed E-state index contributed by atoms with van der Waals surface area (Å²) in [7, 11) is 0. The number of carbonyl (C=O) groups is 1. The zero-order valence-corrected chi connectivity index (χ0v) is 23.4. The van der Waals surface area contributed by atoms with E-state index in [9.17, 15) is 4.79 Å². The average Bonchev–Trinajstić information content (AvgIpc) is 3.36. The number of fused-ring (bicyclic) bond motifs is 2. The van der Waals surface area contributed by atoms with E-state index in [1.54, 1.807) is 6.92 Å². The minimum Gasteiger partial charge on any atom is -0.292 e. The Kier molecular flexibility index (Phi) is 6.41. The first kappa shape index (κ1) is 24.6. The molecule has 0 bridgehead atoms. The number of hydrazone groups is 2. The molecule has 2 heterocycles. The number of rotatable bonds is 5. The molecule has 0 radical (unpaired) electrons. The number of para-hydroxylation sites is 1. The Balaban J connectivity index is 1.64. The highest BCUT2D eigenvalue weighted by atomic mass is 79.9. The van der Waals surface area contributed by atoms with Crippen LogP contribution in [0.1, 0.15) is 36.1 Å². The van der Waals surface area contributed by atoms with E-state index < -0.39 is 4.99 Å². The second kappa shape index (κ2) is 9.89. The fourth-order valence-corrected chi connectivity index (χ4v) is 6.39. The fourth-order valence-electron chi connectivity index (χ4n) is 4.84. The van der Waals surface area contributed by atoms with Crippen molar-refractivity contribution in [3.05, 3.63) is 130 Å². The van der Waals surface area contributed by atoms with Gasteiger partial charge in [-0.25, -0.2) is 10.0 Å². The SMILES string of the molecule is CCc1ccc(C2=NN(c3ccccc3)[C@]3(SC(C(C)=O)=NN3c3ccc(Br)cc3)c3ccccc32)cc1. The summed E-state index contributed by atoms with van der Waals surface area (Å²) in [6.45, 7) is 3.72. The lowest BCUT2D eigenvalue weighted by Gasteiger charge is -2.47. The molecule has 6 rings (SSSR count). The molecule has 38 heavy (non-hydrogen) atoms. The average molecular weight is 582 g/mol. The first-order chi connectivity index (χ1) is 18.5. The topological polar surface area (TPSA) is 48.3 Å². The molecule has 0 unspecified atom stereocenters. The van der Waals surface area contributed by atoms with Crippen LogP contribution < -0.4 is 10.0 Å². The lowest BCUT2D eigenvalue weighted by atomic mass is 9.92. The number of benzene rings is 4. The van der Waals surface area contributed by atoms with Crippen molar-refractivity contribution < 1.29 is 4.79 Å². The summed E-state index contributed by atoms with van der Waals surface area (Å²) in [6.07, 6.45) is 0.979. The van der Waals surface area contributed by atoms with Gasteiger partial charge in [0.2, 0.25) is 4.99 Å².